The molecule has 0 heterocycles. The van der Waals surface area contributed by atoms with E-state index in [1.165, 1.54) is 0 Å². The summed E-state index contributed by atoms with van der Waals surface area (Å²) in [6.45, 7) is 7.85. The number of aliphatic hydroxyl groups is 1. The average molecular weight is 319 g/mol. The zero-order valence-corrected chi connectivity index (χ0v) is 13.9. The number of nitrogens with zero attached hydrogens (tertiary/aromatic N) is 1. The summed E-state index contributed by atoms with van der Waals surface area (Å²) in [7, 11) is 0. The minimum Gasteiger partial charge on any atom is -0.464 e. The minimum absolute atomic E-state index is 0.241. The summed E-state index contributed by atoms with van der Waals surface area (Å²) in [6, 6.07) is 0. The molecule has 0 aromatic heterocycles. The highest BCUT2D eigenvalue weighted by atomic mass is 16.6. The van der Waals surface area contributed by atoms with Gasteiger partial charge in [-0.1, -0.05) is 20.8 Å². The van der Waals surface area contributed by atoms with Crippen molar-refractivity contribution in [1.29, 1.82) is 0 Å². The van der Waals surface area contributed by atoms with E-state index in [1.54, 1.807) is 13.8 Å². The molecule has 1 unspecified atom stereocenters. The molecule has 130 valence electrons. The summed E-state index contributed by atoms with van der Waals surface area (Å²) in [5, 5.41) is 9.35. The molecule has 0 aliphatic heterocycles. The summed E-state index contributed by atoms with van der Waals surface area (Å²) in [5.41, 5.74) is 0. The van der Waals surface area contributed by atoms with Crippen LogP contribution in [0, 0.1) is 0 Å². The van der Waals surface area contributed by atoms with Crippen molar-refractivity contribution in [3.63, 3.8) is 0 Å². The SMILES string of the molecule is CCC(=O)OCCN(CCOC(=O)CC)CCOC(O)CC. The molecule has 1 N–H and O–H groups in total. The Morgan fingerprint density at radius 3 is 1.77 bits per heavy atom. The topological polar surface area (TPSA) is 85.3 Å². The zero-order valence-electron chi connectivity index (χ0n) is 13.9. The molecule has 0 spiro atoms. The van der Waals surface area contributed by atoms with Gasteiger partial charge in [0.1, 0.15) is 13.2 Å². The third kappa shape index (κ3) is 11.5. The number of hydrogen-bond acceptors (Lipinski definition) is 7. The molecule has 0 saturated carbocycles. The fourth-order valence-electron chi connectivity index (χ4n) is 1.55. The van der Waals surface area contributed by atoms with Gasteiger partial charge in [-0.3, -0.25) is 14.5 Å². The van der Waals surface area contributed by atoms with E-state index < -0.39 is 6.29 Å². The Morgan fingerprint density at radius 2 is 1.36 bits per heavy atom. The Bertz CT molecular complexity index is 288. The molecule has 0 aromatic carbocycles. The quantitative estimate of drug-likeness (QED) is 0.399. The molecule has 7 heteroatoms. The number of carbonyl (C=O) groups is 2. The van der Waals surface area contributed by atoms with Crippen LogP contribution < -0.4 is 0 Å². The Labute approximate surface area is 132 Å². The second kappa shape index (κ2) is 13.5. The Balaban J connectivity index is 4.06. The first kappa shape index (κ1) is 20.8. The maximum atomic E-state index is 11.1. The van der Waals surface area contributed by atoms with Crippen LogP contribution in [-0.2, 0) is 23.8 Å². The normalized spacial score (nSPS) is 12.2. The molecule has 0 amide bonds. The second-order valence-corrected chi connectivity index (χ2v) is 4.72. The van der Waals surface area contributed by atoms with Gasteiger partial charge >= 0.3 is 11.9 Å². The van der Waals surface area contributed by atoms with Gasteiger partial charge in [0.2, 0.25) is 0 Å². The van der Waals surface area contributed by atoms with Gasteiger partial charge in [-0.15, -0.1) is 0 Å². The molecule has 22 heavy (non-hydrogen) atoms. The molecule has 7 nitrogen and oxygen atoms in total. The third-order valence-corrected chi connectivity index (χ3v) is 2.99. The fraction of sp³-hybridized carbons (Fsp3) is 0.867. The van der Waals surface area contributed by atoms with Crippen LogP contribution in [0.5, 0.6) is 0 Å². The van der Waals surface area contributed by atoms with Gasteiger partial charge < -0.3 is 19.3 Å². The van der Waals surface area contributed by atoms with Gasteiger partial charge in [0.15, 0.2) is 6.29 Å². The van der Waals surface area contributed by atoms with Crippen molar-refractivity contribution in [2.24, 2.45) is 0 Å². The van der Waals surface area contributed by atoms with Gasteiger partial charge in [0.25, 0.3) is 0 Å². The average Bonchev–Trinajstić information content (AvgIpc) is 2.53. The van der Waals surface area contributed by atoms with Gasteiger partial charge in [-0.2, -0.15) is 0 Å². The molecule has 1 atom stereocenters. The van der Waals surface area contributed by atoms with Gasteiger partial charge in [-0.05, 0) is 6.42 Å². The Kier molecular flexibility index (Phi) is 12.8. The maximum absolute atomic E-state index is 11.1. The molecule has 0 aromatic rings. The van der Waals surface area contributed by atoms with Crippen LogP contribution >= 0.6 is 0 Å². The van der Waals surface area contributed by atoms with Crippen LogP contribution in [-0.4, -0.2) is 67.7 Å². The van der Waals surface area contributed by atoms with Crippen molar-refractivity contribution in [2.75, 3.05) is 39.5 Å². The molecule has 0 fully saturated rings. The van der Waals surface area contributed by atoms with E-state index in [-0.39, 0.29) is 25.2 Å². The number of ether oxygens (including phenoxy) is 3. The molecular formula is C15H29NO6. The fourth-order valence-corrected chi connectivity index (χ4v) is 1.55. The molecule has 0 saturated heterocycles. The van der Waals surface area contributed by atoms with Crippen molar-refractivity contribution in [2.45, 2.75) is 46.3 Å². The van der Waals surface area contributed by atoms with Crippen molar-refractivity contribution < 1.29 is 28.9 Å². The minimum atomic E-state index is -0.766. The van der Waals surface area contributed by atoms with E-state index in [2.05, 4.69) is 0 Å². The zero-order chi connectivity index (χ0) is 16.8. The summed E-state index contributed by atoms with van der Waals surface area (Å²) in [6.07, 6.45) is 0.458. The van der Waals surface area contributed by atoms with E-state index in [4.69, 9.17) is 14.2 Å². The molecular weight excluding hydrogens is 290 g/mol. The van der Waals surface area contributed by atoms with E-state index in [9.17, 15) is 14.7 Å². The smallest absolute Gasteiger partial charge is 0.305 e. The largest absolute Gasteiger partial charge is 0.464 e. The predicted molar refractivity (Wildman–Crippen MR) is 81.2 cm³/mol. The standard InChI is InChI=1S/C15H29NO6/c1-4-13(17)20-10-7-16(8-11-21-14(18)5-2)9-12-22-15(19)6-3/h13,17H,4-12H2,1-3H3. The van der Waals surface area contributed by atoms with E-state index in [1.807, 2.05) is 11.8 Å². The lowest BCUT2D eigenvalue weighted by atomic mass is 10.4. The lowest BCUT2D eigenvalue weighted by Crippen LogP contribution is -2.35. The molecule has 0 aliphatic rings. The number of esters is 2. The van der Waals surface area contributed by atoms with Gasteiger partial charge in [0.05, 0.1) is 6.61 Å². The van der Waals surface area contributed by atoms with Crippen LogP contribution in [0.15, 0.2) is 0 Å². The lowest BCUT2D eigenvalue weighted by molar-refractivity contribution is -0.144. The number of hydrogen-bond donors (Lipinski definition) is 1. The highest BCUT2D eigenvalue weighted by molar-refractivity contribution is 5.69. The molecule has 0 radical (unpaired) electrons. The predicted octanol–water partition coefficient (Wildman–Crippen LogP) is 0.940. The number of aliphatic hydroxyl groups excluding tert-OH is 1. The summed E-state index contributed by atoms with van der Waals surface area (Å²) >= 11 is 0. The van der Waals surface area contributed by atoms with Crippen molar-refractivity contribution in [1.82, 2.24) is 4.90 Å². The van der Waals surface area contributed by atoms with Crippen LogP contribution in [0.3, 0.4) is 0 Å². The summed E-state index contributed by atoms with van der Waals surface area (Å²) in [5.74, 6) is -0.481. The van der Waals surface area contributed by atoms with E-state index >= 15 is 0 Å². The number of rotatable bonds is 13. The third-order valence-electron chi connectivity index (χ3n) is 2.99. The Hall–Kier alpha value is -1.18. The van der Waals surface area contributed by atoms with Crippen LogP contribution in [0.4, 0.5) is 0 Å². The molecule has 0 rings (SSSR count). The Morgan fingerprint density at radius 1 is 0.909 bits per heavy atom. The van der Waals surface area contributed by atoms with Gasteiger partial charge in [-0.25, -0.2) is 0 Å². The van der Waals surface area contributed by atoms with E-state index in [0.29, 0.717) is 45.5 Å². The lowest BCUT2D eigenvalue weighted by Gasteiger charge is -2.22. The highest BCUT2D eigenvalue weighted by Gasteiger charge is 2.09. The molecule has 0 aliphatic carbocycles. The molecule has 0 bridgehead atoms. The maximum Gasteiger partial charge on any atom is 0.305 e. The number of carbonyl (C=O) groups excluding carboxylic acids is 2. The van der Waals surface area contributed by atoms with E-state index in [0.717, 1.165) is 0 Å². The second-order valence-electron chi connectivity index (χ2n) is 4.72. The van der Waals surface area contributed by atoms with Crippen molar-refractivity contribution in [3.8, 4) is 0 Å². The summed E-state index contributed by atoms with van der Waals surface area (Å²) < 4.78 is 15.3. The highest BCUT2D eigenvalue weighted by Crippen LogP contribution is 1.96. The monoisotopic (exact) mass is 319 g/mol. The van der Waals surface area contributed by atoms with Crippen LogP contribution in [0.1, 0.15) is 40.0 Å². The first-order chi connectivity index (χ1) is 10.5. The van der Waals surface area contributed by atoms with Crippen molar-refractivity contribution >= 4 is 11.9 Å². The first-order valence-electron chi connectivity index (χ1n) is 7.86. The summed E-state index contributed by atoms with van der Waals surface area (Å²) in [4.78, 5) is 24.2. The van der Waals surface area contributed by atoms with Crippen LogP contribution in [0.25, 0.3) is 0 Å². The van der Waals surface area contributed by atoms with Crippen LogP contribution in [0.2, 0.25) is 0 Å². The first-order valence-corrected chi connectivity index (χ1v) is 7.86. The van der Waals surface area contributed by atoms with Crippen molar-refractivity contribution in [3.05, 3.63) is 0 Å². The van der Waals surface area contributed by atoms with Gasteiger partial charge in [0, 0.05) is 32.5 Å².